The van der Waals surface area contributed by atoms with Gasteiger partial charge in [0.1, 0.15) is 0 Å². The zero-order valence-electron chi connectivity index (χ0n) is 8.25. The Morgan fingerprint density at radius 3 is 2.58 bits per heavy atom. The van der Waals surface area contributed by atoms with Crippen LogP contribution in [0.3, 0.4) is 0 Å². The third kappa shape index (κ3) is 1.99. The summed E-state index contributed by atoms with van der Waals surface area (Å²) in [7, 11) is 0. The van der Waals surface area contributed by atoms with Gasteiger partial charge >= 0.3 is 0 Å². The lowest BCUT2D eigenvalue weighted by molar-refractivity contribution is 0.0399. The predicted octanol–water partition coefficient (Wildman–Crippen LogP) is 1.79. The van der Waals surface area contributed by atoms with Crippen LogP contribution in [-0.4, -0.2) is 19.3 Å². The molecule has 0 spiro atoms. The Bertz CT molecular complexity index is 123. The fourth-order valence-corrected chi connectivity index (χ4v) is 2.18. The summed E-state index contributed by atoms with van der Waals surface area (Å²) in [5.41, 5.74) is 5.69. The molecular weight excluding hydrogens is 150 g/mol. The molecule has 1 fully saturated rings. The van der Waals surface area contributed by atoms with Crippen LogP contribution in [0, 0.1) is 11.8 Å². The van der Waals surface area contributed by atoms with Crippen molar-refractivity contribution in [3.8, 4) is 0 Å². The van der Waals surface area contributed by atoms with Crippen molar-refractivity contribution in [3.05, 3.63) is 0 Å². The third-order valence-corrected chi connectivity index (χ3v) is 3.08. The summed E-state index contributed by atoms with van der Waals surface area (Å²) in [5.74, 6) is 1.34. The Morgan fingerprint density at radius 1 is 1.42 bits per heavy atom. The third-order valence-electron chi connectivity index (χ3n) is 3.08. The first-order valence-corrected chi connectivity index (χ1v) is 5.15. The van der Waals surface area contributed by atoms with Gasteiger partial charge in [-0.05, 0) is 24.8 Å². The molecule has 0 aromatic rings. The maximum atomic E-state index is 5.72. The van der Waals surface area contributed by atoms with Gasteiger partial charge in [-0.25, -0.2) is 0 Å². The highest BCUT2D eigenvalue weighted by Crippen LogP contribution is 2.29. The van der Waals surface area contributed by atoms with Crippen molar-refractivity contribution in [2.45, 2.75) is 39.2 Å². The van der Waals surface area contributed by atoms with Gasteiger partial charge in [0.25, 0.3) is 0 Å². The van der Waals surface area contributed by atoms with Crippen LogP contribution < -0.4 is 5.73 Å². The first kappa shape index (κ1) is 10.0. The Kier molecular flexibility index (Phi) is 4.02. The molecule has 1 saturated heterocycles. The van der Waals surface area contributed by atoms with E-state index < -0.39 is 0 Å². The summed E-state index contributed by atoms with van der Waals surface area (Å²) in [6.07, 6.45) is 4.05. The van der Waals surface area contributed by atoms with Gasteiger partial charge in [0.2, 0.25) is 0 Å². The van der Waals surface area contributed by atoms with Crippen LogP contribution in [0.4, 0.5) is 0 Å². The van der Waals surface area contributed by atoms with Gasteiger partial charge < -0.3 is 10.5 Å². The molecule has 0 bridgehead atoms. The molecule has 0 aromatic heterocycles. The molecule has 0 amide bonds. The molecule has 0 saturated carbocycles. The molecule has 2 unspecified atom stereocenters. The van der Waals surface area contributed by atoms with Gasteiger partial charge in [-0.1, -0.05) is 26.7 Å². The summed E-state index contributed by atoms with van der Waals surface area (Å²) in [6, 6.07) is 0. The number of hydrogen-bond acceptors (Lipinski definition) is 2. The van der Waals surface area contributed by atoms with Crippen LogP contribution in [0.2, 0.25) is 0 Å². The molecule has 2 heteroatoms. The topological polar surface area (TPSA) is 35.2 Å². The Labute approximate surface area is 75.5 Å². The van der Waals surface area contributed by atoms with E-state index in [1.807, 2.05) is 0 Å². The molecule has 2 N–H and O–H groups in total. The maximum Gasteiger partial charge on any atom is 0.0644 e. The quantitative estimate of drug-likeness (QED) is 0.700. The SMILES string of the molecule is CCC(CC)C1OCCC1CN. The highest BCUT2D eigenvalue weighted by molar-refractivity contribution is 4.81. The Balaban J connectivity index is 2.47. The molecule has 0 aromatic carbocycles. The minimum atomic E-state index is 0.449. The van der Waals surface area contributed by atoms with Crippen molar-refractivity contribution in [3.63, 3.8) is 0 Å². The first-order chi connectivity index (χ1) is 5.83. The second-order valence-electron chi connectivity index (χ2n) is 3.70. The summed E-state index contributed by atoms with van der Waals surface area (Å²) >= 11 is 0. The van der Waals surface area contributed by atoms with E-state index >= 15 is 0 Å². The number of hydrogen-bond donors (Lipinski definition) is 1. The molecular formula is C10H21NO. The van der Waals surface area contributed by atoms with Gasteiger partial charge in [0.05, 0.1) is 6.10 Å². The molecule has 1 heterocycles. The molecule has 1 aliphatic rings. The molecule has 72 valence electrons. The van der Waals surface area contributed by atoms with E-state index in [1.54, 1.807) is 0 Å². The average molecular weight is 171 g/mol. The van der Waals surface area contributed by atoms with E-state index in [9.17, 15) is 0 Å². The van der Waals surface area contributed by atoms with Crippen molar-refractivity contribution in [1.29, 1.82) is 0 Å². The van der Waals surface area contributed by atoms with Gasteiger partial charge in [-0.15, -0.1) is 0 Å². The lowest BCUT2D eigenvalue weighted by Gasteiger charge is -2.24. The van der Waals surface area contributed by atoms with Crippen LogP contribution in [0.15, 0.2) is 0 Å². The Hall–Kier alpha value is -0.0800. The zero-order chi connectivity index (χ0) is 8.97. The molecule has 0 radical (unpaired) electrons. The van der Waals surface area contributed by atoms with Crippen LogP contribution >= 0.6 is 0 Å². The monoisotopic (exact) mass is 171 g/mol. The number of rotatable bonds is 4. The van der Waals surface area contributed by atoms with E-state index in [-0.39, 0.29) is 0 Å². The van der Waals surface area contributed by atoms with E-state index in [4.69, 9.17) is 10.5 Å². The van der Waals surface area contributed by atoms with Crippen LogP contribution in [-0.2, 0) is 4.74 Å². The summed E-state index contributed by atoms with van der Waals surface area (Å²) < 4.78 is 5.72. The lowest BCUT2D eigenvalue weighted by Crippen LogP contribution is -2.30. The molecule has 12 heavy (non-hydrogen) atoms. The van der Waals surface area contributed by atoms with Crippen LogP contribution in [0.25, 0.3) is 0 Å². The minimum absolute atomic E-state index is 0.449. The van der Waals surface area contributed by atoms with E-state index in [2.05, 4.69) is 13.8 Å². The first-order valence-electron chi connectivity index (χ1n) is 5.15. The summed E-state index contributed by atoms with van der Waals surface area (Å²) in [4.78, 5) is 0. The van der Waals surface area contributed by atoms with Crippen molar-refractivity contribution in [2.24, 2.45) is 17.6 Å². The van der Waals surface area contributed by atoms with Gasteiger partial charge in [-0.3, -0.25) is 0 Å². The minimum Gasteiger partial charge on any atom is -0.378 e. The lowest BCUT2D eigenvalue weighted by atomic mass is 9.87. The fraction of sp³-hybridized carbons (Fsp3) is 1.00. The molecule has 2 nitrogen and oxygen atoms in total. The highest BCUT2D eigenvalue weighted by Gasteiger charge is 2.31. The molecule has 1 rings (SSSR count). The van der Waals surface area contributed by atoms with Crippen molar-refractivity contribution in [2.75, 3.05) is 13.2 Å². The number of ether oxygens (including phenoxy) is 1. The van der Waals surface area contributed by atoms with Crippen LogP contribution in [0.5, 0.6) is 0 Å². The standard InChI is InChI=1S/C10H21NO/c1-3-8(4-2)10-9(7-11)5-6-12-10/h8-10H,3-7,11H2,1-2H3. The fourth-order valence-electron chi connectivity index (χ4n) is 2.18. The summed E-state index contributed by atoms with van der Waals surface area (Å²) in [5, 5.41) is 0. The summed E-state index contributed by atoms with van der Waals surface area (Å²) in [6.45, 7) is 6.19. The van der Waals surface area contributed by atoms with Gasteiger partial charge in [0.15, 0.2) is 0 Å². The second-order valence-corrected chi connectivity index (χ2v) is 3.70. The Morgan fingerprint density at radius 2 is 2.08 bits per heavy atom. The molecule has 1 aliphatic heterocycles. The van der Waals surface area contributed by atoms with E-state index in [0.29, 0.717) is 12.0 Å². The van der Waals surface area contributed by atoms with Crippen molar-refractivity contribution < 1.29 is 4.74 Å². The second kappa shape index (κ2) is 4.83. The number of nitrogens with two attached hydrogens (primary N) is 1. The molecule has 2 atom stereocenters. The normalized spacial score (nSPS) is 30.0. The van der Waals surface area contributed by atoms with Crippen molar-refractivity contribution in [1.82, 2.24) is 0 Å². The van der Waals surface area contributed by atoms with Crippen LogP contribution in [0.1, 0.15) is 33.1 Å². The molecule has 0 aliphatic carbocycles. The van der Waals surface area contributed by atoms with Gasteiger partial charge in [0, 0.05) is 6.61 Å². The maximum absolute atomic E-state index is 5.72. The van der Waals surface area contributed by atoms with E-state index in [0.717, 1.165) is 25.5 Å². The van der Waals surface area contributed by atoms with Crippen molar-refractivity contribution >= 4 is 0 Å². The predicted molar refractivity (Wildman–Crippen MR) is 51.0 cm³/mol. The largest absolute Gasteiger partial charge is 0.378 e. The smallest absolute Gasteiger partial charge is 0.0644 e. The highest BCUT2D eigenvalue weighted by atomic mass is 16.5. The zero-order valence-corrected chi connectivity index (χ0v) is 8.25. The van der Waals surface area contributed by atoms with Gasteiger partial charge in [-0.2, -0.15) is 0 Å². The average Bonchev–Trinajstić information content (AvgIpc) is 2.55. The van der Waals surface area contributed by atoms with E-state index in [1.165, 1.54) is 12.8 Å².